The van der Waals surface area contributed by atoms with Crippen molar-refractivity contribution < 1.29 is 31.8 Å². The summed E-state index contributed by atoms with van der Waals surface area (Å²) in [7, 11) is -0.671. The van der Waals surface area contributed by atoms with Gasteiger partial charge in [0, 0.05) is 18.7 Å². The first kappa shape index (κ1) is 24.6. The molecule has 186 valence electrons. The van der Waals surface area contributed by atoms with Crippen molar-refractivity contribution in [3.05, 3.63) is 48.0 Å². The maximum Gasteiger partial charge on any atom is 0.322 e. The molecule has 1 aliphatic rings. The smallest absolute Gasteiger partial charge is 0.322 e. The van der Waals surface area contributed by atoms with Gasteiger partial charge in [-0.15, -0.1) is 5.10 Å². The van der Waals surface area contributed by atoms with Crippen LogP contribution in [0.4, 0.5) is 6.01 Å². The number of morpholine rings is 1. The lowest BCUT2D eigenvalue weighted by molar-refractivity contribution is -0.0440. The number of carbonyl (C=O) groups is 1. The second-order valence-corrected chi connectivity index (χ2v) is 9.97. The molecule has 1 aromatic heterocycles. The highest BCUT2D eigenvalue weighted by Crippen LogP contribution is 2.33. The van der Waals surface area contributed by atoms with E-state index in [2.05, 4.69) is 15.5 Å². The van der Waals surface area contributed by atoms with Gasteiger partial charge in [-0.3, -0.25) is 10.1 Å². The molecule has 2 unspecified atom stereocenters. The van der Waals surface area contributed by atoms with Crippen LogP contribution in [0.25, 0.3) is 11.5 Å². The maximum absolute atomic E-state index is 13.0. The van der Waals surface area contributed by atoms with Gasteiger partial charge in [0.1, 0.15) is 11.5 Å². The molecule has 4 rings (SSSR count). The molecule has 0 bridgehead atoms. The zero-order chi connectivity index (χ0) is 25.2. The predicted molar refractivity (Wildman–Crippen MR) is 126 cm³/mol. The summed E-state index contributed by atoms with van der Waals surface area (Å²) in [6, 6.07) is 10.6. The number of nitrogens with one attached hydrogen (secondary N) is 1. The second kappa shape index (κ2) is 10.0. The number of carbonyl (C=O) groups excluding carboxylic acids is 1. The molecule has 3 aromatic rings. The number of hydrogen-bond acceptors (Lipinski definition) is 9. The number of anilines is 1. The predicted octanol–water partition coefficient (Wildman–Crippen LogP) is 2.80. The second-order valence-electron chi connectivity index (χ2n) is 8.04. The number of methoxy groups -OCH3 is 2. The van der Waals surface area contributed by atoms with Crippen LogP contribution in [0, 0.1) is 0 Å². The van der Waals surface area contributed by atoms with E-state index in [1.807, 2.05) is 13.8 Å². The lowest BCUT2D eigenvalue weighted by Gasteiger charge is -2.34. The molecule has 2 heterocycles. The lowest BCUT2D eigenvalue weighted by Crippen LogP contribution is -2.48. The molecule has 35 heavy (non-hydrogen) atoms. The minimum Gasteiger partial charge on any atom is -0.497 e. The van der Waals surface area contributed by atoms with Gasteiger partial charge in [0.05, 0.1) is 36.9 Å². The molecule has 0 saturated carbocycles. The van der Waals surface area contributed by atoms with E-state index in [0.29, 0.717) is 17.1 Å². The first-order valence-corrected chi connectivity index (χ1v) is 12.3. The van der Waals surface area contributed by atoms with Gasteiger partial charge in [0.15, 0.2) is 0 Å². The van der Waals surface area contributed by atoms with Gasteiger partial charge in [-0.2, -0.15) is 4.31 Å². The van der Waals surface area contributed by atoms with Gasteiger partial charge in [-0.25, -0.2) is 8.42 Å². The van der Waals surface area contributed by atoms with Gasteiger partial charge in [-0.05, 0) is 56.3 Å². The molecule has 12 heteroatoms. The molecule has 0 aliphatic carbocycles. The quantitative estimate of drug-likeness (QED) is 0.518. The van der Waals surface area contributed by atoms with Gasteiger partial charge < -0.3 is 18.6 Å². The first-order valence-electron chi connectivity index (χ1n) is 10.8. The molecule has 2 atom stereocenters. The van der Waals surface area contributed by atoms with E-state index in [1.165, 1.54) is 42.8 Å². The Kier molecular flexibility index (Phi) is 7.05. The molecule has 1 amide bonds. The van der Waals surface area contributed by atoms with Crippen LogP contribution in [0.1, 0.15) is 24.2 Å². The fourth-order valence-corrected chi connectivity index (χ4v) is 5.38. The number of aromatic nitrogens is 2. The van der Waals surface area contributed by atoms with E-state index in [1.54, 1.807) is 18.2 Å². The Hall–Kier alpha value is -3.48. The van der Waals surface area contributed by atoms with E-state index < -0.39 is 15.9 Å². The summed E-state index contributed by atoms with van der Waals surface area (Å²) in [5.74, 6) is 0.663. The van der Waals surface area contributed by atoms with Crippen molar-refractivity contribution in [2.24, 2.45) is 0 Å². The van der Waals surface area contributed by atoms with Crippen molar-refractivity contribution >= 4 is 21.9 Å². The highest BCUT2D eigenvalue weighted by atomic mass is 32.2. The summed E-state index contributed by atoms with van der Waals surface area (Å²) in [6.07, 6.45) is -0.398. The van der Waals surface area contributed by atoms with E-state index in [-0.39, 0.29) is 47.7 Å². The van der Waals surface area contributed by atoms with Crippen LogP contribution in [0.2, 0.25) is 0 Å². The Balaban J connectivity index is 1.48. The van der Waals surface area contributed by atoms with E-state index in [0.717, 1.165) is 0 Å². The number of hydrogen-bond donors (Lipinski definition) is 1. The summed E-state index contributed by atoms with van der Waals surface area (Å²) in [5.41, 5.74) is 0.729. The zero-order valence-electron chi connectivity index (χ0n) is 19.7. The Morgan fingerprint density at radius 3 is 2.34 bits per heavy atom. The van der Waals surface area contributed by atoms with E-state index in [4.69, 9.17) is 18.6 Å². The third-order valence-electron chi connectivity index (χ3n) is 5.42. The summed E-state index contributed by atoms with van der Waals surface area (Å²) in [5, 5.41) is 10.3. The van der Waals surface area contributed by atoms with Gasteiger partial charge >= 0.3 is 6.01 Å². The minimum absolute atomic E-state index is 0.0977. The first-order chi connectivity index (χ1) is 16.7. The van der Waals surface area contributed by atoms with E-state index >= 15 is 0 Å². The zero-order valence-corrected chi connectivity index (χ0v) is 20.5. The Bertz CT molecular complexity index is 1300. The maximum atomic E-state index is 13.0. The summed E-state index contributed by atoms with van der Waals surface area (Å²) < 4.78 is 49.1. The summed E-state index contributed by atoms with van der Waals surface area (Å²) >= 11 is 0. The van der Waals surface area contributed by atoms with Gasteiger partial charge in [0.25, 0.3) is 11.8 Å². The standard InChI is InChI=1S/C23H26N4O7S/c1-14-12-27(13-15(2)33-14)35(29,30)18-8-5-16(6-9-18)21(28)24-23-26-25-22(34-23)19-11-17(31-3)7-10-20(19)32-4/h5-11,14-15H,12-13H2,1-4H3,(H,24,26,28). The number of amides is 1. The molecule has 1 aliphatic heterocycles. The number of nitrogens with zero attached hydrogens (tertiary/aromatic N) is 3. The third kappa shape index (κ3) is 5.29. The van der Waals surface area contributed by atoms with Crippen LogP contribution in [-0.4, -0.2) is 68.3 Å². The van der Waals surface area contributed by atoms with Crippen LogP contribution < -0.4 is 14.8 Å². The van der Waals surface area contributed by atoms with Crippen molar-refractivity contribution in [2.75, 3.05) is 32.6 Å². The van der Waals surface area contributed by atoms with Crippen LogP contribution in [0.3, 0.4) is 0 Å². The van der Waals surface area contributed by atoms with Crippen molar-refractivity contribution in [1.29, 1.82) is 0 Å². The van der Waals surface area contributed by atoms with Crippen molar-refractivity contribution in [3.63, 3.8) is 0 Å². The number of benzene rings is 2. The average molecular weight is 503 g/mol. The lowest BCUT2D eigenvalue weighted by atomic mass is 10.2. The molecule has 11 nitrogen and oxygen atoms in total. The van der Waals surface area contributed by atoms with Crippen molar-refractivity contribution in [2.45, 2.75) is 31.0 Å². The highest BCUT2D eigenvalue weighted by Gasteiger charge is 2.32. The van der Waals surface area contributed by atoms with Gasteiger partial charge in [-0.1, -0.05) is 5.10 Å². The molecule has 1 N–H and O–H groups in total. The highest BCUT2D eigenvalue weighted by molar-refractivity contribution is 7.89. The van der Waals surface area contributed by atoms with Crippen molar-refractivity contribution in [1.82, 2.24) is 14.5 Å². The van der Waals surface area contributed by atoms with Crippen molar-refractivity contribution in [3.8, 4) is 23.0 Å². The molecular weight excluding hydrogens is 476 g/mol. The van der Waals surface area contributed by atoms with Gasteiger partial charge in [0.2, 0.25) is 10.0 Å². The van der Waals surface area contributed by atoms with Crippen LogP contribution >= 0.6 is 0 Å². The molecular formula is C23H26N4O7S. The molecule has 0 spiro atoms. The Labute approximate surface area is 203 Å². The monoisotopic (exact) mass is 502 g/mol. The number of ether oxygens (including phenoxy) is 3. The van der Waals surface area contributed by atoms with E-state index in [9.17, 15) is 13.2 Å². The average Bonchev–Trinajstić information content (AvgIpc) is 3.31. The molecule has 0 radical (unpaired) electrons. The summed E-state index contributed by atoms with van der Waals surface area (Å²) in [4.78, 5) is 12.8. The van der Waals surface area contributed by atoms with Crippen LogP contribution in [0.15, 0.2) is 51.8 Å². The topological polar surface area (TPSA) is 133 Å². The molecule has 2 aromatic carbocycles. The largest absolute Gasteiger partial charge is 0.497 e. The van der Waals surface area contributed by atoms with Crippen LogP contribution in [0.5, 0.6) is 11.5 Å². The normalized spacial score (nSPS) is 18.7. The fourth-order valence-electron chi connectivity index (χ4n) is 3.79. The Morgan fingerprint density at radius 1 is 1.03 bits per heavy atom. The fraction of sp³-hybridized carbons (Fsp3) is 0.348. The Morgan fingerprint density at radius 2 is 1.71 bits per heavy atom. The SMILES string of the molecule is COc1ccc(OC)c(-c2nnc(NC(=O)c3ccc(S(=O)(=O)N4CC(C)OC(C)C4)cc3)o2)c1. The minimum atomic E-state index is -3.71. The summed E-state index contributed by atoms with van der Waals surface area (Å²) in [6.45, 7) is 4.21. The van der Waals surface area contributed by atoms with Crippen LogP contribution in [-0.2, 0) is 14.8 Å². The number of rotatable bonds is 7. The molecule has 1 saturated heterocycles. The molecule has 1 fully saturated rings. The number of sulfonamides is 1. The third-order valence-corrected chi connectivity index (χ3v) is 7.27.